The third kappa shape index (κ3) is 4.42. The van der Waals surface area contributed by atoms with Crippen molar-refractivity contribution in [2.24, 2.45) is 7.05 Å². The lowest BCUT2D eigenvalue weighted by atomic mass is 9.95. The van der Waals surface area contributed by atoms with Crippen LogP contribution < -0.4 is 15.1 Å². The van der Waals surface area contributed by atoms with Gasteiger partial charge in [-0.05, 0) is 18.1 Å². The molecule has 1 aromatic heterocycles. The summed E-state index contributed by atoms with van der Waals surface area (Å²) in [6.45, 7) is 2.47. The van der Waals surface area contributed by atoms with Crippen molar-refractivity contribution >= 4 is 23.4 Å². The average Bonchev–Trinajstić information content (AvgIpc) is 3.32. The first-order valence-corrected chi connectivity index (χ1v) is 10.0. The fourth-order valence-electron chi connectivity index (χ4n) is 3.93. The summed E-state index contributed by atoms with van der Waals surface area (Å²) in [5, 5.41) is 14.6. The van der Waals surface area contributed by atoms with Crippen LogP contribution in [0.1, 0.15) is 31.5 Å². The largest absolute Gasteiger partial charge is 0.442 e. The van der Waals surface area contributed by atoms with E-state index in [-0.39, 0.29) is 36.3 Å². The van der Waals surface area contributed by atoms with E-state index in [1.165, 1.54) is 11.7 Å². The number of aromatic nitrogens is 4. The van der Waals surface area contributed by atoms with Crippen molar-refractivity contribution in [3.05, 3.63) is 29.6 Å². The maximum Gasteiger partial charge on any atom is 0.414 e. The number of piperidine rings is 1. The predicted octanol–water partition coefficient (Wildman–Crippen LogP) is 1.33. The number of aryl methyl sites for hydroxylation is 1. The highest BCUT2D eigenvalue weighted by molar-refractivity contribution is 5.90. The molecule has 4 rings (SSSR count). The van der Waals surface area contributed by atoms with Gasteiger partial charge in [-0.25, -0.2) is 13.6 Å². The molecule has 2 saturated heterocycles. The monoisotopic (exact) mass is 435 g/mol. The van der Waals surface area contributed by atoms with Gasteiger partial charge >= 0.3 is 6.09 Å². The third-order valence-corrected chi connectivity index (χ3v) is 5.47. The number of anilines is 2. The summed E-state index contributed by atoms with van der Waals surface area (Å²) in [5.74, 6) is -1.02. The Morgan fingerprint density at radius 3 is 2.52 bits per heavy atom. The zero-order valence-electron chi connectivity index (χ0n) is 17.2. The van der Waals surface area contributed by atoms with Crippen LogP contribution in [0.25, 0.3) is 0 Å². The number of hydrogen-bond acceptors (Lipinski definition) is 7. The first kappa shape index (κ1) is 20.9. The van der Waals surface area contributed by atoms with E-state index in [4.69, 9.17) is 4.74 Å². The van der Waals surface area contributed by atoms with Gasteiger partial charge in [-0.1, -0.05) is 0 Å². The van der Waals surface area contributed by atoms with Crippen molar-refractivity contribution in [1.82, 2.24) is 25.5 Å². The van der Waals surface area contributed by atoms with E-state index in [9.17, 15) is 18.4 Å². The fraction of sp³-hybridized carbons (Fsp3) is 0.526. The van der Waals surface area contributed by atoms with E-state index in [2.05, 4.69) is 20.7 Å². The van der Waals surface area contributed by atoms with Gasteiger partial charge in [0.15, 0.2) is 17.5 Å². The molecular weight excluding hydrogens is 412 g/mol. The van der Waals surface area contributed by atoms with E-state index in [0.29, 0.717) is 31.8 Å². The summed E-state index contributed by atoms with van der Waals surface area (Å²) >= 11 is 0. The minimum Gasteiger partial charge on any atom is -0.442 e. The smallest absolute Gasteiger partial charge is 0.414 e. The Morgan fingerprint density at radius 2 is 1.94 bits per heavy atom. The molecule has 0 saturated carbocycles. The Kier molecular flexibility index (Phi) is 5.70. The number of hydrogen-bond donors (Lipinski definition) is 1. The Hall–Kier alpha value is -3.31. The molecule has 0 bridgehead atoms. The van der Waals surface area contributed by atoms with Gasteiger partial charge in [0.1, 0.15) is 11.8 Å². The van der Waals surface area contributed by atoms with E-state index < -0.39 is 23.8 Å². The molecular formula is C19H23F2N7O3. The number of ether oxygens (including phenoxy) is 1. The van der Waals surface area contributed by atoms with Crippen molar-refractivity contribution in [1.29, 1.82) is 0 Å². The molecule has 2 aromatic rings. The van der Waals surface area contributed by atoms with Crippen LogP contribution in [0.4, 0.5) is 25.0 Å². The van der Waals surface area contributed by atoms with Gasteiger partial charge in [-0.3, -0.25) is 9.69 Å². The van der Waals surface area contributed by atoms with Gasteiger partial charge < -0.3 is 15.0 Å². The predicted molar refractivity (Wildman–Crippen MR) is 106 cm³/mol. The molecule has 2 aliphatic heterocycles. The molecule has 0 radical (unpaired) electrons. The van der Waals surface area contributed by atoms with Crippen molar-refractivity contribution < 1.29 is 23.1 Å². The second kappa shape index (κ2) is 8.44. The second-order valence-electron chi connectivity index (χ2n) is 7.71. The van der Waals surface area contributed by atoms with Crippen molar-refractivity contribution in [2.45, 2.75) is 31.8 Å². The molecule has 0 spiro atoms. The molecule has 2 fully saturated rings. The van der Waals surface area contributed by atoms with Crippen LogP contribution in [0.15, 0.2) is 12.1 Å². The van der Waals surface area contributed by atoms with Crippen LogP contribution in [-0.2, 0) is 16.6 Å². The molecule has 2 aliphatic rings. The summed E-state index contributed by atoms with van der Waals surface area (Å²) in [7, 11) is 1.69. The molecule has 0 aliphatic carbocycles. The molecule has 1 aromatic carbocycles. The highest BCUT2D eigenvalue weighted by Gasteiger charge is 2.34. The summed E-state index contributed by atoms with van der Waals surface area (Å²) in [6, 6.07) is 2.27. The first-order chi connectivity index (χ1) is 14.8. The molecule has 2 amide bonds. The number of halogens is 2. The normalized spacial score (nSPS) is 19.6. The van der Waals surface area contributed by atoms with Crippen molar-refractivity contribution in [3.63, 3.8) is 0 Å². The number of cyclic esters (lactones) is 1. The number of rotatable bonds is 5. The van der Waals surface area contributed by atoms with Crippen LogP contribution >= 0.6 is 0 Å². The van der Waals surface area contributed by atoms with E-state index >= 15 is 0 Å². The minimum atomic E-state index is -0.746. The van der Waals surface area contributed by atoms with Gasteiger partial charge in [0.25, 0.3) is 0 Å². The van der Waals surface area contributed by atoms with Crippen LogP contribution in [0.3, 0.4) is 0 Å². The molecule has 1 atom stereocenters. The Labute approximate surface area is 177 Å². The second-order valence-corrected chi connectivity index (χ2v) is 7.71. The lowest BCUT2D eigenvalue weighted by Gasteiger charge is -2.33. The Morgan fingerprint density at radius 1 is 1.26 bits per heavy atom. The summed E-state index contributed by atoms with van der Waals surface area (Å²) in [5.41, 5.74) is -0.0376. The van der Waals surface area contributed by atoms with Crippen LogP contribution in [0, 0.1) is 11.6 Å². The minimum absolute atomic E-state index is 0.0766. The van der Waals surface area contributed by atoms with Gasteiger partial charge in [0.2, 0.25) is 5.91 Å². The van der Waals surface area contributed by atoms with Gasteiger partial charge in [0.05, 0.1) is 25.8 Å². The fourth-order valence-corrected chi connectivity index (χ4v) is 3.93. The zero-order valence-corrected chi connectivity index (χ0v) is 17.2. The SMILES string of the molecule is CC(=O)NC[C@H]1CN(c2cc(F)c(N3CCC(c4nnn(C)n4)CC3)c(F)c2)C(=O)O1. The zero-order chi connectivity index (χ0) is 22.1. The number of nitrogens with zero attached hydrogens (tertiary/aromatic N) is 6. The van der Waals surface area contributed by atoms with Crippen molar-refractivity contribution in [3.8, 4) is 0 Å². The molecule has 31 heavy (non-hydrogen) atoms. The molecule has 10 nitrogen and oxygen atoms in total. The van der Waals surface area contributed by atoms with Gasteiger partial charge in [0, 0.05) is 38.1 Å². The standard InChI is InChI=1S/C19H23F2N7O3/c1-11(29)22-9-14-10-28(19(30)31-14)13-7-15(20)17(16(21)8-13)27-5-3-12(4-6-27)18-23-25-26(2)24-18/h7-8,12,14H,3-6,9-10H2,1-2H3,(H,22,29)/t14-/m0/s1. The van der Waals surface area contributed by atoms with Crippen LogP contribution in [-0.4, -0.2) is 64.5 Å². The highest BCUT2D eigenvalue weighted by Crippen LogP contribution is 2.34. The number of amides is 2. The first-order valence-electron chi connectivity index (χ1n) is 10.0. The third-order valence-electron chi connectivity index (χ3n) is 5.47. The number of tetrazole rings is 1. The molecule has 1 N–H and O–H groups in total. The van der Waals surface area contributed by atoms with Crippen LogP contribution in [0.2, 0.25) is 0 Å². The average molecular weight is 435 g/mol. The maximum atomic E-state index is 14.9. The molecule has 166 valence electrons. The van der Waals surface area contributed by atoms with Crippen LogP contribution in [0.5, 0.6) is 0 Å². The Balaban J connectivity index is 1.44. The Bertz CT molecular complexity index is 968. The number of nitrogens with one attached hydrogen (secondary N) is 1. The quantitative estimate of drug-likeness (QED) is 0.755. The lowest BCUT2D eigenvalue weighted by molar-refractivity contribution is -0.119. The topological polar surface area (TPSA) is 105 Å². The van der Waals surface area contributed by atoms with E-state index in [1.807, 2.05) is 0 Å². The lowest BCUT2D eigenvalue weighted by Crippen LogP contribution is -2.35. The van der Waals surface area contributed by atoms with E-state index in [0.717, 1.165) is 17.0 Å². The molecule has 12 heteroatoms. The molecule has 3 heterocycles. The van der Waals surface area contributed by atoms with Crippen molar-refractivity contribution in [2.75, 3.05) is 36.0 Å². The van der Waals surface area contributed by atoms with E-state index in [1.54, 1.807) is 11.9 Å². The summed E-state index contributed by atoms with van der Waals surface area (Å²) < 4.78 is 34.9. The number of carbonyl (C=O) groups excluding carboxylic acids is 2. The number of carbonyl (C=O) groups is 2. The van der Waals surface area contributed by atoms with Gasteiger partial charge in [-0.15, -0.1) is 10.2 Å². The maximum absolute atomic E-state index is 14.9. The number of benzene rings is 1. The summed E-state index contributed by atoms with van der Waals surface area (Å²) in [6.07, 6.45) is 0.000639. The summed E-state index contributed by atoms with van der Waals surface area (Å²) in [4.78, 5) is 27.4. The molecule has 0 unspecified atom stereocenters. The van der Waals surface area contributed by atoms with Gasteiger partial charge in [-0.2, -0.15) is 4.80 Å². The highest BCUT2D eigenvalue weighted by atomic mass is 19.1.